The first-order valence-corrected chi connectivity index (χ1v) is 28.6. The predicted octanol–water partition coefficient (Wildman–Crippen LogP) is 17.7. The van der Waals surface area contributed by atoms with E-state index in [-0.39, 0.29) is 12.5 Å². The monoisotopic (exact) mass is 888 g/mol. The van der Waals surface area contributed by atoms with Crippen molar-refractivity contribution in [3.8, 4) is 0 Å². The van der Waals surface area contributed by atoms with Crippen molar-refractivity contribution in [3.05, 3.63) is 24.3 Å². The summed E-state index contributed by atoms with van der Waals surface area (Å²) in [6, 6.07) is -0.830. The number of amides is 1. The van der Waals surface area contributed by atoms with Crippen LogP contribution in [0.4, 0.5) is 0 Å². The first-order chi connectivity index (χ1) is 31.1. The van der Waals surface area contributed by atoms with Crippen LogP contribution in [0.15, 0.2) is 24.3 Å². The van der Waals surface area contributed by atoms with Crippen molar-refractivity contribution in [3.63, 3.8) is 0 Å². The van der Waals surface area contributed by atoms with Crippen LogP contribution >= 0.6 is 0 Å². The molecule has 0 rings (SSSR count). The van der Waals surface area contributed by atoms with E-state index in [1.165, 1.54) is 244 Å². The highest BCUT2D eigenvalue weighted by molar-refractivity contribution is 5.76. The highest BCUT2D eigenvalue weighted by Crippen LogP contribution is 2.18. The lowest BCUT2D eigenvalue weighted by Crippen LogP contribution is -2.50. The van der Waals surface area contributed by atoms with Crippen LogP contribution < -0.4 is 5.32 Å². The lowest BCUT2D eigenvalue weighted by Gasteiger charge is -2.26. The maximum absolute atomic E-state index is 12.5. The highest BCUT2D eigenvalue weighted by atomic mass is 16.3. The maximum Gasteiger partial charge on any atom is 0.220 e. The Kier molecular flexibility index (Phi) is 52.5. The second-order valence-corrected chi connectivity index (χ2v) is 19.8. The summed E-state index contributed by atoms with van der Waals surface area (Å²) >= 11 is 0. The van der Waals surface area contributed by atoms with Gasteiger partial charge in [0.05, 0.1) is 18.8 Å². The van der Waals surface area contributed by atoms with Gasteiger partial charge in [0.15, 0.2) is 0 Å². The topological polar surface area (TPSA) is 89.8 Å². The third-order valence-electron chi connectivity index (χ3n) is 13.5. The van der Waals surface area contributed by atoms with Crippen LogP contribution in [0.25, 0.3) is 0 Å². The van der Waals surface area contributed by atoms with Gasteiger partial charge in [0.25, 0.3) is 0 Å². The van der Waals surface area contributed by atoms with Gasteiger partial charge >= 0.3 is 0 Å². The van der Waals surface area contributed by atoms with Gasteiger partial charge in [-0.1, -0.05) is 282 Å². The van der Waals surface area contributed by atoms with Gasteiger partial charge in [-0.2, -0.15) is 0 Å². The summed E-state index contributed by atoms with van der Waals surface area (Å²) in [5.41, 5.74) is 0. The van der Waals surface area contributed by atoms with Crippen molar-refractivity contribution in [1.82, 2.24) is 5.32 Å². The summed E-state index contributed by atoms with van der Waals surface area (Å²) in [5, 5.41) is 33.7. The van der Waals surface area contributed by atoms with Gasteiger partial charge in [-0.3, -0.25) is 4.79 Å². The van der Waals surface area contributed by atoms with Crippen LogP contribution in [0.2, 0.25) is 0 Å². The largest absolute Gasteiger partial charge is 0.394 e. The summed E-state index contributed by atoms with van der Waals surface area (Å²) in [7, 11) is 0. The molecule has 0 aliphatic carbocycles. The Balaban J connectivity index is 3.57. The van der Waals surface area contributed by atoms with Crippen molar-refractivity contribution in [2.24, 2.45) is 0 Å². The molecule has 5 heteroatoms. The number of aliphatic hydroxyl groups excluding tert-OH is 3. The number of nitrogens with one attached hydrogen (secondary N) is 1. The normalized spacial score (nSPS) is 13.4. The van der Waals surface area contributed by atoms with E-state index in [0.29, 0.717) is 12.8 Å². The number of allylic oxidation sites excluding steroid dienone is 4. The van der Waals surface area contributed by atoms with Gasteiger partial charge in [0, 0.05) is 6.42 Å². The smallest absolute Gasteiger partial charge is 0.220 e. The number of unbranched alkanes of at least 4 members (excludes halogenated alkanes) is 41. The first kappa shape index (κ1) is 61.8. The molecule has 3 atom stereocenters. The highest BCUT2D eigenvalue weighted by Gasteiger charge is 2.26. The molecule has 0 aromatic rings. The predicted molar refractivity (Wildman–Crippen MR) is 278 cm³/mol. The molecule has 0 aromatic heterocycles. The Morgan fingerprint density at radius 3 is 0.968 bits per heavy atom. The summed E-state index contributed by atoms with van der Waals surface area (Å²) in [6.07, 6.45) is 67.7. The molecule has 1 amide bonds. The molecule has 374 valence electrons. The Bertz CT molecular complexity index is 936. The molecule has 0 aliphatic rings. The third-order valence-corrected chi connectivity index (χ3v) is 13.5. The van der Waals surface area contributed by atoms with Crippen LogP contribution in [0, 0.1) is 0 Å². The fraction of sp³-hybridized carbons (Fsp3) is 0.914. The molecule has 0 aliphatic heterocycles. The molecule has 63 heavy (non-hydrogen) atoms. The molecule has 0 heterocycles. The number of carbonyl (C=O) groups is 1. The van der Waals surface area contributed by atoms with Gasteiger partial charge in [-0.15, -0.1) is 0 Å². The Morgan fingerprint density at radius 2 is 0.651 bits per heavy atom. The molecule has 0 radical (unpaired) electrons. The Morgan fingerprint density at radius 1 is 0.381 bits per heavy atom. The van der Waals surface area contributed by atoms with Crippen molar-refractivity contribution in [2.75, 3.05) is 6.61 Å². The van der Waals surface area contributed by atoms with Gasteiger partial charge in [0.1, 0.15) is 6.10 Å². The van der Waals surface area contributed by atoms with E-state index < -0.39 is 18.2 Å². The van der Waals surface area contributed by atoms with Crippen molar-refractivity contribution in [1.29, 1.82) is 0 Å². The summed E-state index contributed by atoms with van der Waals surface area (Å²) < 4.78 is 0. The average molecular weight is 889 g/mol. The Hall–Kier alpha value is -1.17. The zero-order chi connectivity index (χ0) is 45.8. The average Bonchev–Trinajstić information content (AvgIpc) is 3.29. The Labute approximate surface area is 394 Å². The van der Waals surface area contributed by atoms with Crippen LogP contribution in [0.5, 0.6) is 0 Å². The standard InChI is InChI=1S/C58H113NO4/c1-3-5-7-9-11-13-15-17-19-21-23-25-27-29-31-33-35-37-39-41-43-45-47-49-51-53-57(62)59-55(54-60)58(63)56(61)52-50-48-46-44-42-40-38-36-34-32-30-28-26-24-22-20-18-16-14-12-10-8-6-4-2/h36,38,44,46,55-56,58,60-61,63H,3-35,37,39-43,45,47-54H2,1-2H3,(H,59,62)/b38-36+,46-44+. The van der Waals surface area contributed by atoms with Gasteiger partial charge in [-0.05, 0) is 51.4 Å². The van der Waals surface area contributed by atoms with E-state index in [9.17, 15) is 20.1 Å². The van der Waals surface area contributed by atoms with E-state index >= 15 is 0 Å². The van der Waals surface area contributed by atoms with Crippen LogP contribution in [-0.2, 0) is 4.79 Å². The minimum atomic E-state index is -1.17. The second kappa shape index (κ2) is 53.4. The van der Waals surface area contributed by atoms with Gasteiger partial charge in [-0.25, -0.2) is 0 Å². The van der Waals surface area contributed by atoms with E-state index in [1.54, 1.807) is 0 Å². The van der Waals surface area contributed by atoms with Gasteiger partial charge < -0.3 is 20.6 Å². The molecule has 0 saturated heterocycles. The fourth-order valence-corrected chi connectivity index (χ4v) is 9.12. The van der Waals surface area contributed by atoms with E-state index in [1.807, 2.05) is 0 Å². The summed E-state index contributed by atoms with van der Waals surface area (Å²) in [5.74, 6) is -0.152. The maximum atomic E-state index is 12.5. The fourth-order valence-electron chi connectivity index (χ4n) is 9.12. The van der Waals surface area contributed by atoms with Crippen molar-refractivity contribution >= 4 is 5.91 Å². The number of rotatable bonds is 53. The van der Waals surface area contributed by atoms with Crippen LogP contribution in [-0.4, -0.2) is 46.1 Å². The zero-order valence-corrected chi connectivity index (χ0v) is 42.7. The van der Waals surface area contributed by atoms with Crippen molar-refractivity contribution < 1.29 is 20.1 Å². The van der Waals surface area contributed by atoms with Crippen LogP contribution in [0.3, 0.4) is 0 Å². The number of aliphatic hydroxyl groups is 3. The molecule has 0 aromatic carbocycles. The molecule has 0 bridgehead atoms. The number of hydrogen-bond donors (Lipinski definition) is 4. The quantitative estimate of drug-likeness (QED) is 0.0362. The minimum Gasteiger partial charge on any atom is -0.394 e. The molecule has 5 nitrogen and oxygen atoms in total. The third kappa shape index (κ3) is 48.6. The number of hydrogen-bond acceptors (Lipinski definition) is 4. The van der Waals surface area contributed by atoms with Gasteiger partial charge in [0.2, 0.25) is 5.91 Å². The SMILES string of the molecule is CCCCCCCCCCCCCCCCC/C=C/CC/C=C/CCCC(O)C(O)C(CO)NC(=O)CCCCCCCCCCCCCCCCCCCCCCCCCCC. The molecule has 0 saturated carbocycles. The number of carbonyl (C=O) groups excluding carboxylic acids is 1. The second-order valence-electron chi connectivity index (χ2n) is 19.8. The first-order valence-electron chi connectivity index (χ1n) is 28.6. The van der Waals surface area contributed by atoms with E-state index in [0.717, 1.165) is 44.9 Å². The summed E-state index contributed by atoms with van der Waals surface area (Å²) in [4.78, 5) is 12.5. The van der Waals surface area contributed by atoms with Crippen LogP contribution in [0.1, 0.15) is 316 Å². The lowest BCUT2D eigenvalue weighted by atomic mass is 10.0. The van der Waals surface area contributed by atoms with E-state index in [4.69, 9.17) is 0 Å². The molecular formula is C58H113NO4. The van der Waals surface area contributed by atoms with E-state index in [2.05, 4.69) is 43.5 Å². The molecule has 0 fully saturated rings. The molecule has 0 spiro atoms. The minimum absolute atomic E-state index is 0.152. The molecule has 4 N–H and O–H groups in total. The molecular weight excluding hydrogens is 775 g/mol. The summed E-state index contributed by atoms with van der Waals surface area (Å²) in [6.45, 7) is 4.21. The lowest BCUT2D eigenvalue weighted by molar-refractivity contribution is -0.124. The zero-order valence-electron chi connectivity index (χ0n) is 42.7. The van der Waals surface area contributed by atoms with Crippen molar-refractivity contribution in [2.45, 2.75) is 334 Å². The molecule has 3 unspecified atom stereocenters.